The molecule has 5 rings (SSSR count). The van der Waals surface area contributed by atoms with Gasteiger partial charge in [0.2, 0.25) is 11.8 Å². The number of benzene rings is 4. The van der Waals surface area contributed by atoms with Crippen LogP contribution in [0.3, 0.4) is 0 Å². The molecule has 0 atom stereocenters. The summed E-state index contributed by atoms with van der Waals surface area (Å²) >= 11 is 0. The zero-order valence-electron chi connectivity index (χ0n) is 14.2. The average molecular weight is 339 g/mol. The number of carbonyl (C=O) groups is 2. The molecule has 1 aliphatic heterocycles. The van der Waals surface area contributed by atoms with Crippen molar-refractivity contribution in [2.75, 3.05) is 0 Å². The third-order valence-electron chi connectivity index (χ3n) is 5.30. The topological polar surface area (TPSA) is 37.4 Å². The van der Waals surface area contributed by atoms with Crippen LogP contribution in [0.4, 0.5) is 0 Å². The fourth-order valence-electron chi connectivity index (χ4n) is 4.03. The van der Waals surface area contributed by atoms with E-state index >= 15 is 0 Å². The fourth-order valence-corrected chi connectivity index (χ4v) is 4.03. The fraction of sp³-hybridized carbons (Fsp3) is 0.130. The van der Waals surface area contributed by atoms with Crippen LogP contribution in [-0.2, 0) is 16.1 Å². The molecule has 0 unspecified atom stereocenters. The van der Waals surface area contributed by atoms with Gasteiger partial charge in [-0.3, -0.25) is 14.5 Å². The van der Waals surface area contributed by atoms with E-state index in [-0.39, 0.29) is 11.8 Å². The van der Waals surface area contributed by atoms with Crippen molar-refractivity contribution in [1.82, 2.24) is 4.90 Å². The van der Waals surface area contributed by atoms with Crippen molar-refractivity contribution in [1.29, 1.82) is 0 Å². The summed E-state index contributed by atoms with van der Waals surface area (Å²) in [6.07, 6.45) is 0.667. The zero-order valence-corrected chi connectivity index (χ0v) is 14.2. The first kappa shape index (κ1) is 15.1. The first-order valence-corrected chi connectivity index (χ1v) is 8.88. The molecule has 4 aromatic carbocycles. The van der Waals surface area contributed by atoms with Crippen molar-refractivity contribution < 1.29 is 9.59 Å². The van der Waals surface area contributed by atoms with Gasteiger partial charge >= 0.3 is 0 Å². The van der Waals surface area contributed by atoms with E-state index in [0.29, 0.717) is 19.4 Å². The molecule has 0 radical (unpaired) electrons. The minimum absolute atomic E-state index is 0.0709. The van der Waals surface area contributed by atoms with Crippen LogP contribution in [0.2, 0.25) is 0 Å². The Kier molecular flexibility index (Phi) is 3.29. The molecular formula is C23H17NO2. The van der Waals surface area contributed by atoms with Crippen molar-refractivity contribution in [3.63, 3.8) is 0 Å². The van der Waals surface area contributed by atoms with E-state index in [1.165, 1.54) is 31.8 Å². The average Bonchev–Trinajstić information content (AvgIpc) is 3.00. The minimum Gasteiger partial charge on any atom is -0.278 e. The molecule has 0 saturated carbocycles. The predicted molar refractivity (Wildman–Crippen MR) is 104 cm³/mol. The Morgan fingerprint density at radius 1 is 0.615 bits per heavy atom. The molecule has 3 nitrogen and oxygen atoms in total. The van der Waals surface area contributed by atoms with Gasteiger partial charge in [0.25, 0.3) is 0 Å². The summed E-state index contributed by atoms with van der Waals surface area (Å²) < 4.78 is 0. The third-order valence-corrected chi connectivity index (χ3v) is 5.30. The van der Waals surface area contributed by atoms with Gasteiger partial charge in [0.05, 0.1) is 6.54 Å². The molecular weight excluding hydrogens is 322 g/mol. The molecule has 1 aliphatic rings. The lowest BCUT2D eigenvalue weighted by Crippen LogP contribution is -2.28. The predicted octanol–water partition coefficient (Wildman–Crippen LogP) is 4.80. The minimum atomic E-state index is -0.0709. The van der Waals surface area contributed by atoms with Crippen LogP contribution in [0.1, 0.15) is 18.4 Å². The van der Waals surface area contributed by atoms with Crippen LogP contribution in [0.5, 0.6) is 0 Å². The van der Waals surface area contributed by atoms with Crippen LogP contribution in [0.15, 0.2) is 66.7 Å². The normalized spacial score (nSPS) is 14.8. The van der Waals surface area contributed by atoms with Gasteiger partial charge in [0.15, 0.2) is 0 Å². The van der Waals surface area contributed by atoms with Crippen LogP contribution in [-0.4, -0.2) is 16.7 Å². The number of carbonyl (C=O) groups excluding carboxylic acids is 2. The van der Waals surface area contributed by atoms with Gasteiger partial charge < -0.3 is 0 Å². The maximum absolute atomic E-state index is 11.9. The van der Waals surface area contributed by atoms with Gasteiger partial charge in [-0.15, -0.1) is 0 Å². The van der Waals surface area contributed by atoms with Crippen LogP contribution in [0, 0.1) is 0 Å². The smallest absolute Gasteiger partial charge is 0.229 e. The first-order valence-electron chi connectivity index (χ1n) is 8.88. The van der Waals surface area contributed by atoms with Crippen LogP contribution >= 0.6 is 0 Å². The van der Waals surface area contributed by atoms with Gasteiger partial charge in [0, 0.05) is 12.8 Å². The number of fused-ring (bicyclic) bond motifs is 6. The largest absolute Gasteiger partial charge is 0.278 e. The zero-order chi connectivity index (χ0) is 17.7. The Balaban J connectivity index is 1.75. The molecule has 0 N–H and O–H groups in total. The van der Waals surface area contributed by atoms with Crippen LogP contribution < -0.4 is 0 Å². The van der Waals surface area contributed by atoms with E-state index in [1.54, 1.807) is 0 Å². The summed E-state index contributed by atoms with van der Waals surface area (Å²) in [4.78, 5) is 25.3. The SMILES string of the molecule is O=C1CCC(=O)N1Cc1ccc2c3ccccc3c3ccccc3c2c1. The maximum Gasteiger partial charge on any atom is 0.229 e. The monoisotopic (exact) mass is 339 g/mol. The molecule has 0 aliphatic carbocycles. The molecule has 2 amide bonds. The number of likely N-dealkylation sites (tertiary alicyclic amines) is 1. The van der Waals surface area contributed by atoms with E-state index in [1.807, 2.05) is 6.07 Å². The highest BCUT2D eigenvalue weighted by atomic mass is 16.2. The van der Waals surface area contributed by atoms with E-state index in [9.17, 15) is 9.59 Å². The Hall–Kier alpha value is -3.20. The molecule has 1 saturated heterocycles. The second-order valence-electron chi connectivity index (χ2n) is 6.84. The molecule has 0 bridgehead atoms. The van der Waals surface area contributed by atoms with Crippen molar-refractivity contribution >= 4 is 44.1 Å². The highest BCUT2D eigenvalue weighted by molar-refractivity contribution is 6.25. The Morgan fingerprint density at radius 2 is 1.08 bits per heavy atom. The van der Waals surface area contributed by atoms with Gasteiger partial charge in [0.1, 0.15) is 0 Å². The number of nitrogens with zero attached hydrogens (tertiary/aromatic N) is 1. The van der Waals surface area contributed by atoms with Gasteiger partial charge in [-0.05, 0) is 43.9 Å². The molecule has 126 valence electrons. The second kappa shape index (κ2) is 5.67. The second-order valence-corrected chi connectivity index (χ2v) is 6.84. The summed E-state index contributed by atoms with van der Waals surface area (Å²) in [7, 11) is 0. The van der Waals surface area contributed by atoms with Crippen molar-refractivity contribution in [2.24, 2.45) is 0 Å². The van der Waals surface area contributed by atoms with Gasteiger partial charge in [-0.1, -0.05) is 60.7 Å². The number of amides is 2. The number of hydrogen-bond acceptors (Lipinski definition) is 2. The lowest BCUT2D eigenvalue weighted by Gasteiger charge is -2.16. The van der Waals surface area contributed by atoms with Gasteiger partial charge in [-0.2, -0.15) is 0 Å². The van der Waals surface area contributed by atoms with E-state index < -0.39 is 0 Å². The quantitative estimate of drug-likeness (QED) is 0.389. The molecule has 26 heavy (non-hydrogen) atoms. The Labute approximate surface area is 150 Å². The number of rotatable bonds is 2. The van der Waals surface area contributed by atoms with Crippen molar-refractivity contribution in [3.8, 4) is 0 Å². The summed E-state index contributed by atoms with van der Waals surface area (Å²) in [5.74, 6) is -0.142. The van der Waals surface area contributed by atoms with E-state index in [0.717, 1.165) is 10.9 Å². The molecule has 4 aromatic rings. The molecule has 0 spiro atoms. The lowest BCUT2D eigenvalue weighted by molar-refractivity contribution is -0.139. The summed E-state index contributed by atoms with van der Waals surface area (Å²) in [6.45, 7) is 0.356. The van der Waals surface area contributed by atoms with Crippen LogP contribution in [0.25, 0.3) is 32.3 Å². The first-order chi connectivity index (χ1) is 12.7. The molecule has 0 aromatic heterocycles. The van der Waals surface area contributed by atoms with Gasteiger partial charge in [-0.25, -0.2) is 0 Å². The summed E-state index contributed by atoms with van der Waals surface area (Å²) in [5, 5.41) is 7.25. The third kappa shape index (κ3) is 2.21. The maximum atomic E-state index is 11.9. The van der Waals surface area contributed by atoms with E-state index in [4.69, 9.17) is 0 Å². The summed E-state index contributed by atoms with van der Waals surface area (Å²) in [5.41, 5.74) is 0.988. The molecule has 1 heterocycles. The van der Waals surface area contributed by atoms with Crippen molar-refractivity contribution in [2.45, 2.75) is 19.4 Å². The van der Waals surface area contributed by atoms with E-state index in [2.05, 4.69) is 60.7 Å². The lowest BCUT2D eigenvalue weighted by atomic mass is 9.93. The highest BCUT2D eigenvalue weighted by Gasteiger charge is 2.28. The molecule has 3 heteroatoms. The Bertz CT molecular complexity index is 1160. The Morgan fingerprint density at radius 3 is 1.62 bits per heavy atom. The standard InChI is InChI=1S/C23H17NO2/c25-22-11-12-23(26)24(22)14-15-9-10-20-18-7-2-1-5-16(18)17-6-3-4-8-19(17)21(20)13-15/h1-10,13H,11-12,14H2. The number of hydrogen-bond donors (Lipinski definition) is 0. The molecule has 1 fully saturated rings. The van der Waals surface area contributed by atoms with Crippen molar-refractivity contribution in [3.05, 3.63) is 72.3 Å². The highest BCUT2D eigenvalue weighted by Crippen LogP contribution is 2.35. The summed E-state index contributed by atoms with van der Waals surface area (Å²) in [6, 6.07) is 23.1. The number of imide groups is 1.